The first-order valence-electron chi connectivity index (χ1n) is 5.63. The van der Waals surface area contributed by atoms with Gasteiger partial charge in [-0.25, -0.2) is 0 Å². The first kappa shape index (κ1) is 14.0. The number of hydrogen-bond donors (Lipinski definition) is 1. The molecule has 8 heteroatoms. The molecule has 0 fully saturated rings. The molecule has 0 aliphatic heterocycles. The lowest BCUT2D eigenvalue weighted by molar-refractivity contribution is -0.137. The number of primary amides is 1. The largest absolute Gasteiger partial charge is 0.416 e. The number of alkyl halides is 3. The van der Waals surface area contributed by atoms with Crippen LogP contribution in [0, 0.1) is 0 Å². The number of benzene rings is 1. The third-order valence-electron chi connectivity index (χ3n) is 2.80. The summed E-state index contributed by atoms with van der Waals surface area (Å²) in [5.41, 5.74) is 4.78. The molecule has 2 N–H and O–H groups in total. The number of amides is 1. The Balaban J connectivity index is 2.29. The molecule has 2 aromatic rings. The molecule has 0 unspecified atom stereocenters. The molecule has 0 saturated carbocycles. The van der Waals surface area contributed by atoms with Gasteiger partial charge in [0.15, 0.2) is 0 Å². The fourth-order valence-corrected chi connectivity index (χ4v) is 1.77. The van der Waals surface area contributed by atoms with Crippen LogP contribution in [0.25, 0.3) is 0 Å². The minimum Gasteiger partial charge on any atom is -0.363 e. The van der Waals surface area contributed by atoms with Crippen molar-refractivity contribution in [2.24, 2.45) is 12.8 Å². The van der Waals surface area contributed by atoms with E-state index in [2.05, 4.69) is 10.2 Å². The molecule has 2 rings (SSSR count). The van der Waals surface area contributed by atoms with Crippen molar-refractivity contribution < 1.29 is 18.0 Å². The Morgan fingerprint density at radius 2 is 2.05 bits per heavy atom. The number of halogens is 3. The van der Waals surface area contributed by atoms with E-state index in [1.165, 1.54) is 17.7 Å². The summed E-state index contributed by atoms with van der Waals surface area (Å²) in [6.07, 6.45) is -4.27. The normalized spacial score (nSPS) is 11.6. The van der Waals surface area contributed by atoms with Gasteiger partial charge in [0.25, 0.3) is 5.91 Å². The Bertz CT molecular complexity index is 648. The summed E-state index contributed by atoms with van der Waals surface area (Å²) in [5, 5.41) is 7.35. The molecule has 0 spiro atoms. The molecular weight excluding hydrogens is 273 g/mol. The van der Waals surface area contributed by atoms with E-state index >= 15 is 0 Å². The Kier molecular flexibility index (Phi) is 3.47. The summed E-state index contributed by atoms with van der Waals surface area (Å²) in [5.74, 6) is -0.416. The molecule has 0 saturated heterocycles. The molecule has 1 heterocycles. The second kappa shape index (κ2) is 4.95. The van der Waals surface area contributed by atoms with Crippen LogP contribution in [-0.4, -0.2) is 20.7 Å². The minimum absolute atomic E-state index is 0.0352. The van der Waals surface area contributed by atoms with Crippen LogP contribution >= 0.6 is 0 Å². The topological polar surface area (TPSA) is 73.8 Å². The fraction of sp³-hybridized carbons (Fsp3) is 0.250. The zero-order valence-electron chi connectivity index (χ0n) is 10.5. The SMILES string of the molecule is Cn1c(Cc2cccc(C(F)(F)F)c2)nnc1C(N)=O. The number of nitrogens with zero attached hydrogens (tertiary/aromatic N) is 3. The monoisotopic (exact) mass is 284 g/mol. The molecule has 5 nitrogen and oxygen atoms in total. The van der Waals surface area contributed by atoms with Crippen LogP contribution in [0.15, 0.2) is 24.3 Å². The van der Waals surface area contributed by atoms with Crippen molar-refractivity contribution >= 4 is 5.91 Å². The molecule has 106 valence electrons. The first-order valence-corrected chi connectivity index (χ1v) is 5.63. The third-order valence-corrected chi connectivity index (χ3v) is 2.80. The molecule has 0 bridgehead atoms. The van der Waals surface area contributed by atoms with Crippen molar-refractivity contribution in [2.75, 3.05) is 0 Å². The molecule has 0 radical (unpaired) electrons. The van der Waals surface area contributed by atoms with E-state index in [1.807, 2.05) is 0 Å². The summed E-state index contributed by atoms with van der Waals surface area (Å²) >= 11 is 0. The van der Waals surface area contributed by atoms with Crippen molar-refractivity contribution in [2.45, 2.75) is 12.6 Å². The molecule has 0 aliphatic rings. The summed E-state index contributed by atoms with van der Waals surface area (Å²) in [6.45, 7) is 0. The van der Waals surface area contributed by atoms with Crippen molar-refractivity contribution in [1.82, 2.24) is 14.8 Å². The molecule has 1 aromatic heterocycles. The molecule has 1 aromatic carbocycles. The third kappa shape index (κ3) is 2.79. The quantitative estimate of drug-likeness (QED) is 0.928. The van der Waals surface area contributed by atoms with Gasteiger partial charge in [0.2, 0.25) is 5.82 Å². The van der Waals surface area contributed by atoms with E-state index in [1.54, 1.807) is 6.07 Å². The van der Waals surface area contributed by atoms with E-state index in [0.29, 0.717) is 11.4 Å². The highest BCUT2D eigenvalue weighted by atomic mass is 19.4. The van der Waals surface area contributed by atoms with Gasteiger partial charge in [-0.2, -0.15) is 13.2 Å². The summed E-state index contributed by atoms with van der Waals surface area (Å²) in [7, 11) is 1.53. The van der Waals surface area contributed by atoms with Gasteiger partial charge in [0.05, 0.1) is 5.56 Å². The molecule has 0 atom stereocenters. The van der Waals surface area contributed by atoms with Crippen LogP contribution < -0.4 is 5.73 Å². The number of nitrogens with two attached hydrogens (primary N) is 1. The number of rotatable bonds is 3. The maximum atomic E-state index is 12.6. The summed E-state index contributed by atoms with van der Waals surface area (Å²) < 4.78 is 39.2. The van der Waals surface area contributed by atoms with Gasteiger partial charge in [-0.1, -0.05) is 18.2 Å². The number of carbonyl (C=O) groups excluding carboxylic acids is 1. The average Bonchev–Trinajstić information content (AvgIpc) is 2.70. The molecule has 0 aliphatic carbocycles. The van der Waals surface area contributed by atoms with Crippen molar-refractivity contribution in [3.8, 4) is 0 Å². The van der Waals surface area contributed by atoms with Crippen molar-refractivity contribution in [3.05, 3.63) is 47.0 Å². The lowest BCUT2D eigenvalue weighted by atomic mass is 10.1. The van der Waals surface area contributed by atoms with E-state index in [9.17, 15) is 18.0 Å². The number of aromatic nitrogens is 3. The van der Waals surface area contributed by atoms with Crippen LogP contribution in [-0.2, 0) is 19.6 Å². The van der Waals surface area contributed by atoms with Gasteiger partial charge in [-0.3, -0.25) is 4.79 Å². The lowest BCUT2D eigenvalue weighted by Crippen LogP contribution is -2.17. The van der Waals surface area contributed by atoms with Gasteiger partial charge in [-0.15, -0.1) is 10.2 Å². The summed E-state index contributed by atoms with van der Waals surface area (Å²) in [4.78, 5) is 11.0. The van der Waals surface area contributed by atoms with E-state index in [0.717, 1.165) is 12.1 Å². The first-order chi connectivity index (χ1) is 9.29. The zero-order valence-corrected chi connectivity index (χ0v) is 10.5. The molecular formula is C12H11F3N4O. The predicted molar refractivity (Wildman–Crippen MR) is 63.8 cm³/mol. The van der Waals surface area contributed by atoms with Gasteiger partial charge >= 0.3 is 6.18 Å². The Labute approximate surface area is 112 Å². The lowest BCUT2D eigenvalue weighted by Gasteiger charge is -2.08. The maximum Gasteiger partial charge on any atom is 0.416 e. The van der Waals surface area contributed by atoms with Crippen LogP contribution in [0.2, 0.25) is 0 Å². The zero-order chi connectivity index (χ0) is 14.9. The maximum absolute atomic E-state index is 12.6. The second-order valence-corrected chi connectivity index (χ2v) is 4.24. The number of hydrogen-bond acceptors (Lipinski definition) is 3. The van der Waals surface area contributed by atoms with Crippen molar-refractivity contribution in [3.63, 3.8) is 0 Å². The van der Waals surface area contributed by atoms with Gasteiger partial charge in [-0.05, 0) is 11.6 Å². The Morgan fingerprint density at radius 3 is 2.60 bits per heavy atom. The van der Waals surface area contributed by atoms with E-state index in [-0.39, 0.29) is 12.2 Å². The molecule has 20 heavy (non-hydrogen) atoms. The van der Waals surface area contributed by atoms with Crippen LogP contribution in [0.5, 0.6) is 0 Å². The molecule has 1 amide bonds. The second-order valence-electron chi connectivity index (χ2n) is 4.24. The van der Waals surface area contributed by atoms with Gasteiger partial charge in [0.1, 0.15) is 5.82 Å². The van der Waals surface area contributed by atoms with Crippen LogP contribution in [0.4, 0.5) is 13.2 Å². The van der Waals surface area contributed by atoms with Crippen molar-refractivity contribution in [1.29, 1.82) is 0 Å². The fourth-order valence-electron chi connectivity index (χ4n) is 1.77. The Hall–Kier alpha value is -2.38. The van der Waals surface area contributed by atoms with Crippen LogP contribution in [0.1, 0.15) is 27.6 Å². The highest BCUT2D eigenvalue weighted by Crippen LogP contribution is 2.29. The highest BCUT2D eigenvalue weighted by molar-refractivity contribution is 5.89. The van der Waals surface area contributed by atoms with E-state index < -0.39 is 17.6 Å². The van der Waals surface area contributed by atoms with Gasteiger partial charge < -0.3 is 10.3 Å². The standard InChI is InChI=1S/C12H11F3N4O/c1-19-9(17-18-11(19)10(16)20)6-7-3-2-4-8(5-7)12(13,14)15/h2-5H,6H2,1H3,(H2,16,20). The summed E-state index contributed by atoms with van der Waals surface area (Å²) in [6, 6.07) is 4.91. The average molecular weight is 284 g/mol. The smallest absolute Gasteiger partial charge is 0.363 e. The van der Waals surface area contributed by atoms with Gasteiger partial charge in [0, 0.05) is 13.5 Å². The van der Waals surface area contributed by atoms with E-state index in [4.69, 9.17) is 5.73 Å². The Morgan fingerprint density at radius 1 is 1.35 bits per heavy atom. The predicted octanol–water partition coefficient (Wildman–Crippen LogP) is 1.52. The number of carbonyl (C=O) groups is 1. The minimum atomic E-state index is -4.39. The van der Waals surface area contributed by atoms with Crippen LogP contribution in [0.3, 0.4) is 0 Å². The highest BCUT2D eigenvalue weighted by Gasteiger charge is 2.30.